The molecule has 0 aliphatic rings. The highest BCUT2D eigenvalue weighted by Gasteiger charge is 2.18. The topological polar surface area (TPSA) is 140 Å². The fourth-order valence-electron chi connectivity index (χ4n) is 2.78. The van der Waals surface area contributed by atoms with E-state index in [9.17, 15) is 23.3 Å². The summed E-state index contributed by atoms with van der Waals surface area (Å²) in [4.78, 5) is 22.3. The van der Waals surface area contributed by atoms with Crippen LogP contribution >= 0.6 is 0 Å². The molecule has 3 aromatic carbocycles. The van der Waals surface area contributed by atoms with E-state index in [-0.39, 0.29) is 21.8 Å². The van der Waals surface area contributed by atoms with Crippen molar-refractivity contribution in [1.82, 2.24) is 5.43 Å². The molecule has 0 aromatic heterocycles. The number of amides is 1. The molecule has 0 radical (unpaired) electrons. The third kappa shape index (κ3) is 5.92. The van der Waals surface area contributed by atoms with Crippen LogP contribution < -0.4 is 14.9 Å². The normalized spacial score (nSPS) is 11.5. The number of methoxy groups -OCH3 is 1. The summed E-state index contributed by atoms with van der Waals surface area (Å²) < 4.78 is 32.5. The molecular formula is C22H20N4O6S. The summed E-state index contributed by atoms with van der Waals surface area (Å²) in [7, 11) is -2.49. The molecule has 0 saturated carbocycles. The fourth-order valence-corrected chi connectivity index (χ4v) is 3.88. The first-order valence-corrected chi connectivity index (χ1v) is 11.0. The highest BCUT2D eigenvalue weighted by atomic mass is 32.2. The fraction of sp³-hybridized carbons (Fsp3) is 0.0909. The highest BCUT2D eigenvalue weighted by molar-refractivity contribution is 7.92. The standard InChI is InChI=1S/C22H20N4O6S/c1-15(17-5-3-7-20(13-17)32-2)23-24-22(27)16-9-11-18(12-10-16)25-33(30,31)21-8-4-6-19(14-21)26(28)29/h3-14,25H,1-2H3,(H,24,27)/b23-15+. The summed E-state index contributed by atoms with van der Waals surface area (Å²) in [5.41, 5.74) is 3.91. The van der Waals surface area contributed by atoms with Crippen molar-refractivity contribution in [1.29, 1.82) is 0 Å². The van der Waals surface area contributed by atoms with Crippen LogP contribution in [0, 0.1) is 10.1 Å². The van der Waals surface area contributed by atoms with Crippen LogP contribution in [0.5, 0.6) is 5.75 Å². The Bertz CT molecular complexity index is 1320. The molecule has 2 N–H and O–H groups in total. The summed E-state index contributed by atoms with van der Waals surface area (Å²) in [6.45, 7) is 1.74. The van der Waals surface area contributed by atoms with Crippen molar-refractivity contribution in [3.8, 4) is 5.75 Å². The quantitative estimate of drug-likeness (QED) is 0.294. The SMILES string of the molecule is COc1cccc(/C(C)=N/NC(=O)c2ccc(NS(=O)(=O)c3cccc([N+](=O)[O-])c3)cc2)c1. The lowest BCUT2D eigenvalue weighted by atomic mass is 10.1. The molecule has 0 aliphatic carbocycles. The molecule has 3 aromatic rings. The van der Waals surface area contributed by atoms with Crippen molar-refractivity contribution in [2.45, 2.75) is 11.8 Å². The molecule has 33 heavy (non-hydrogen) atoms. The Morgan fingerprint density at radius 2 is 1.70 bits per heavy atom. The second-order valence-electron chi connectivity index (χ2n) is 6.81. The van der Waals surface area contributed by atoms with E-state index in [1.165, 1.54) is 42.5 Å². The van der Waals surface area contributed by atoms with E-state index < -0.39 is 20.9 Å². The molecule has 170 valence electrons. The average molecular weight is 468 g/mol. The maximum absolute atomic E-state index is 12.5. The molecule has 1 amide bonds. The van der Waals surface area contributed by atoms with Crippen LogP contribution in [0.25, 0.3) is 0 Å². The zero-order valence-electron chi connectivity index (χ0n) is 17.7. The number of sulfonamides is 1. The average Bonchev–Trinajstić information content (AvgIpc) is 2.82. The van der Waals surface area contributed by atoms with Gasteiger partial charge in [0.1, 0.15) is 5.75 Å². The Morgan fingerprint density at radius 3 is 2.36 bits per heavy atom. The molecule has 0 bridgehead atoms. The highest BCUT2D eigenvalue weighted by Crippen LogP contribution is 2.21. The second kappa shape index (κ2) is 9.92. The summed E-state index contributed by atoms with van der Waals surface area (Å²) in [6, 6.07) is 17.6. The molecule has 11 heteroatoms. The van der Waals surface area contributed by atoms with Gasteiger partial charge >= 0.3 is 0 Å². The second-order valence-corrected chi connectivity index (χ2v) is 8.49. The largest absolute Gasteiger partial charge is 0.497 e. The minimum atomic E-state index is -4.05. The zero-order valence-corrected chi connectivity index (χ0v) is 18.5. The van der Waals surface area contributed by atoms with E-state index in [1.54, 1.807) is 26.2 Å². The maximum atomic E-state index is 12.5. The molecule has 0 aliphatic heterocycles. The molecule has 0 atom stereocenters. The van der Waals surface area contributed by atoms with E-state index >= 15 is 0 Å². The Morgan fingerprint density at radius 1 is 1.00 bits per heavy atom. The number of benzene rings is 3. The first kappa shape index (κ1) is 23.4. The number of anilines is 1. The summed E-state index contributed by atoms with van der Waals surface area (Å²) in [5, 5.41) is 15.0. The van der Waals surface area contributed by atoms with Crippen LogP contribution in [0.15, 0.2) is 82.8 Å². The smallest absolute Gasteiger partial charge is 0.271 e. The van der Waals surface area contributed by atoms with Crippen molar-refractivity contribution in [2.24, 2.45) is 5.10 Å². The van der Waals surface area contributed by atoms with Crippen LogP contribution in [-0.2, 0) is 10.0 Å². The minimum Gasteiger partial charge on any atom is -0.497 e. The van der Waals surface area contributed by atoms with Crippen molar-refractivity contribution < 1.29 is 22.9 Å². The minimum absolute atomic E-state index is 0.189. The van der Waals surface area contributed by atoms with Crippen LogP contribution in [0.1, 0.15) is 22.8 Å². The monoisotopic (exact) mass is 468 g/mol. The first-order valence-electron chi connectivity index (χ1n) is 9.56. The molecule has 0 saturated heterocycles. The number of nitro groups is 1. The van der Waals surface area contributed by atoms with E-state index in [2.05, 4.69) is 15.2 Å². The van der Waals surface area contributed by atoms with Crippen LogP contribution in [0.2, 0.25) is 0 Å². The molecule has 0 unspecified atom stereocenters. The van der Waals surface area contributed by atoms with Crippen LogP contribution in [0.3, 0.4) is 0 Å². The van der Waals surface area contributed by atoms with Gasteiger partial charge in [-0.2, -0.15) is 5.10 Å². The van der Waals surface area contributed by atoms with Crippen molar-refractivity contribution in [3.63, 3.8) is 0 Å². The lowest BCUT2D eigenvalue weighted by Crippen LogP contribution is -2.19. The first-order chi connectivity index (χ1) is 15.7. The molecule has 3 rings (SSSR count). The van der Waals surface area contributed by atoms with Gasteiger partial charge in [0.15, 0.2) is 0 Å². The predicted octanol–water partition coefficient (Wildman–Crippen LogP) is 3.56. The Balaban J connectivity index is 1.68. The van der Waals surface area contributed by atoms with Gasteiger partial charge < -0.3 is 4.74 Å². The van der Waals surface area contributed by atoms with Crippen LogP contribution in [0.4, 0.5) is 11.4 Å². The van der Waals surface area contributed by atoms with Crippen molar-refractivity contribution >= 4 is 33.0 Å². The van der Waals surface area contributed by atoms with Gasteiger partial charge in [-0.3, -0.25) is 19.6 Å². The number of ether oxygens (including phenoxy) is 1. The van der Waals surface area contributed by atoms with Gasteiger partial charge in [-0.1, -0.05) is 18.2 Å². The number of nitro benzene ring substituents is 1. The van der Waals surface area contributed by atoms with E-state index in [0.29, 0.717) is 11.5 Å². The van der Waals surface area contributed by atoms with Crippen LogP contribution in [-0.4, -0.2) is 32.1 Å². The van der Waals surface area contributed by atoms with Gasteiger partial charge in [-0.05, 0) is 49.4 Å². The number of carbonyl (C=O) groups excluding carboxylic acids is 1. The number of nitrogens with zero attached hydrogens (tertiary/aromatic N) is 2. The number of hydrogen-bond donors (Lipinski definition) is 2. The summed E-state index contributed by atoms with van der Waals surface area (Å²) >= 11 is 0. The number of rotatable bonds is 8. The van der Waals surface area contributed by atoms with Gasteiger partial charge in [-0.15, -0.1) is 0 Å². The van der Waals surface area contributed by atoms with Gasteiger partial charge in [0.05, 0.1) is 22.6 Å². The Hall–Kier alpha value is -4.25. The van der Waals surface area contributed by atoms with E-state index in [4.69, 9.17) is 4.74 Å². The number of non-ortho nitro benzene ring substituents is 1. The Kier molecular flexibility index (Phi) is 7.04. The third-order valence-corrected chi connectivity index (χ3v) is 5.93. The number of nitrogens with one attached hydrogen (secondary N) is 2. The van der Waals surface area contributed by atoms with E-state index in [1.807, 2.05) is 12.1 Å². The predicted molar refractivity (Wildman–Crippen MR) is 123 cm³/mol. The molecule has 0 fully saturated rings. The van der Waals surface area contributed by atoms with Gasteiger partial charge in [0.25, 0.3) is 21.6 Å². The zero-order chi connectivity index (χ0) is 24.0. The van der Waals surface area contributed by atoms with Gasteiger partial charge in [0.2, 0.25) is 0 Å². The van der Waals surface area contributed by atoms with Gasteiger partial charge in [-0.25, -0.2) is 13.8 Å². The number of carbonyl (C=O) groups is 1. The summed E-state index contributed by atoms with van der Waals surface area (Å²) in [5.74, 6) is 0.182. The molecular weight excluding hydrogens is 448 g/mol. The molecule has 0 spiro atoms. The lowest BCUT2D eigenvalue weighted by molar-refractivity contribution is -0.385. The number of hydrogen-bond acceptors (Lipinski definition) is 7. The van der Waals surface area contributed by atoms with Crippen molar-refractivity contribution in [2.75, 3.05) is 11.8 Å². The molecule has 0 heterocycles. The molecule has 10 nitrogen and oxygen atoms in total. The Labute approximate surface area is 190 Å². The lowest BCUT2D eigenvalue weighted by Gasteiger charge is -2.09. The van der Waals surface area contributed by atoms with E-state index in [0.717, 1.165) is 11.6 Å². The third-order valence-electron chi connectivity index (χ3n) is 4.55. The van der Waals surface area contributed by atoms with Gasteiger partial charge in [0, 0.05) is 28.9 Å². The maximum Gasteiger partial charge on any atom is 0.271 e. The summed E-state index contributed by atoms with van der Waals surface area (Å²) in [6.07, 6.45) is 0. The van der Waals surface area contributed by atoms with Crippen molar-refractivity contribution in [3.05, 3.63) is 94.0 Å². The number of hydrazone groups is 1.